The van der Waals surface area contributed by atoms with E-state index in [1.807, 2.05) is 0 Å². The molecule has 0 saturated heterocycles. The average molecular weight is 637 g/mol. The first-order valence-corrected chi connectivity index (χ1v) is 17.2. The van der Waals surface area contributed by atoms with Crippen molar-refractivity contribution < 1.29 is 0 Å². The molecule has 0 aliphatic heterocycles. The molecular formula is C48H32N2. The highest BCUT2D eigenvalue weighted by atomic mass is 15.0. The Kier molecular flexibility index (Phi) is 6.53. The van der Waals surface area contributed by atoms with E-state index < -0.39 is 0 Å². The van der Waals surface area contributed by atoms with Gasteiger partial charge in [0.1, 0.15) is 0 Å². The third kappa shape index (κ3) is 4.50. The molecule has 0 spiro atoms. The zero-order valence-electron chi connectivity index (χ0n) is 27.4. The number of para-hydroxylation sites is 2. The van der Waals surface area contributed by atoms with Gasteiger partial charge in [0.25, 0.3) is 0 Å². The smallest absolute Gasteiger partial charge is 0.0547 e. The molecule has 0 bridgehead atoms. The van der Waals surface area contributed by atoms with Gasteiger partial charge in [-0.15, -0.1) is 0 Å². The molecule has 0 amide bonds. The maximum Gasteiger partial charge on any atom is 0.0547 e. The van der Waals surface area contributed by atoms with Gasteiger partial charge in [-0.3, -0.25) is 0 Å². The Hall–Kier alpha value is -6.64. The zero-order valence-corrected chi connectivity index (χ0v) is 27.4. The van der Waals surface area contributed by atoms with E-state index >= 15 is 0 Å². The van der Waals surface area contributed by atoms with Gasteiger partial charge >= 0.3 is 0 Å². The SMILES string of the molecule is c1ccc(-c2ccc(-n3c4ccccc4c4c(-c5ccc6c(c5)c5ccccc5n6-c5cccc(-c6ccccc6)c5)cccc43)cc2)cc1. The summed E-state index contributed by atoms with van der Waals surface area (Å²) in [5.41, 5.74) is 14.5. The average Bonchev–Trinajstić information content (AvgIpc) is 3.71. The van der Waals surface area contributed by atoms with Crippen LogP contribution in [0, 0.1) is 0 Å². The van der Waals surface area contributed by atoms with Crippen LogP contribution in [0.3, 0.4) is 0 Å². The Labute approximate surface area is 290 Å². The summed E-state index contributed by atoms with van der Waals surface area (Å²) in [4.78, 5) is 0. The van der Waals surface area contributed by atoms with Crippen molar-refractivity contribution >= 4 is 43.6 Å². The monoisotopic (exact) mass is 636 g/mol. The highest BCUT2D eigenvalue weighted by Crippen LogP contribution is 2.41. The molecule has 0 aliphatic carbocycles. The summed E-state index contributed by atoms with van der Waals surface area (Å²) in [5.74, 6) is 0. The summed E-state index contributed by atoms with van der Waals surface area (Å²) in [6.07, 6.45) is 0. The molecule has 0 N–H and O–H groups in total. The van der Waals surface area contributed by atoms with Gasteiger partial charge in [0.05, 0.1) is 22.1 Å². The van der Waals surface area contributed by atoms with Gasteiger partial charge in [0.15, 0.2) is 0 Å². The molecule has 8 aromatic carbocycles. The molecule has 10 rings (SSSR count). The lowest BCUT2D eigenvalue weighted by atomic mass is 9.98. The van der Waals surface area contributed by atoms with Crippen LogP contribution < -0.4 is 0 Å². The fourth-order valence-electron chi connectivity index (χ4n) is 7.85. The van der Waals surface area contributed by atoms with Gasteiger partial charge in [0.2, 0.25) is 0 Å². The molecule has 10 aromatic rings. The van der Waals surface area contributed by atoms with E-state index in [4.69, 9.17) is 0 Å². The predicted molar refractivity (Wildman–Crippen MR) is 211 cm³/mol. The van der Waals surface area contributed by atoms with E-state index in [-0.39, 0.29) is 0 Å². The molecular weight excluding hydrogens is 605 g/mol. The van der Waals surface area contributed by atoms with Crippen LogP contribution in [0.25, 0.3) is 88.4 Å². The van der Waals surface area contributed by atoms with Crippen molar-refractivity contribution in [1.82, 2.24) is 9.13 Å². The summed E-state index contributed by atoms with van der Waals surface area (Å²) in [5, 5.41) is 5.03. The highest BCUT2D eigenvalue weighted by molar-refractivity contribution is 6.17. The first-order chi connectivity index (χ1) is 24.8. The topological polar surface area (TPSA) is 9.86 Å². The standard InChI is InChI=1S/C48H32N2/c1-3-13-33(14-4-1)35-25-28-38(29-26-35)49-45-23-10-8-20-42(45)48-40(21-12-24-47(48)49)37-27-30-46-43(32-37)41-19-7-9-22-44(41)50(46)39-18-11-17-36(31-39)34-15-5-2-6-16-34/h1-32H. The van der Waals surface area contributed by atoms with Crippen LogP contribution in [0.1, 0.15) is 0 Å². The van der Waals surface area contributed by atoms with Crippen LogP contribution in [0.5, 0.6) is 0 Å². The number of hydrogen-bond acceptors (Lipinski definition) is 0. The van der Waals surface area contributed by atoms with Crippen molar-refractivity contribution in [2.45, 2.75) is 0 Å². The van der Waals surface area contributed by atoms with E-state index in [0.29, 0.717) is 0 Å². The van der Waals surface area contributed by atoms with Crippen LogP contribution in [0.15, 0.2) is 194 Å². The van der Waals surface area contributed by atoms with Crippen LogP contribution in [-0.4, -0.2) is 9.13 Å². The summed E-state index contributed by atoms with van der Waals surface area (Å²) in [6.45, 7) is 0. The third-order valence-corrected chi connectivity index (χ3v) is 10.1. The number of aromatic nitrogens is 2. The Bertz CT molecular complexity index is 2840. The number of nitrogens with zero attached hydrogens (tertiary/aromatic N) is 2. The number of benzene rings is 8. The summed E-state index contributed by atoms with van der Waals surface area (Å²) in [7, 11) is 0. The second-order valence-corrected chi connectivity index (χ2v) is 13.0. The molecule has 234 valence electrons. The minimum atomic E-state index is 1.16. The van der Waals surface area contributed by atoms with Crippen molar-refractivity contribution in [2.75, 3.05) is 0 Å². The molecule has 0 atom stereocenters. The molecule has 0 aliphatic rings. The fourth-order valence-corrected chi connectivity index (χ4v) is 7.85. The van der Waals surface area contributed by atoms with Gasteiger partial charge in [-0.2, -0.15) is 0 Å². The lowest BCUT2D eigenvalue weighted by Crippen LogP contribution is -1.94. The van der Waals surface area contributed by atoms with Crippen LogP contribution in [0.4, 0.5) is 0 Å². The molecule has 0 radical (unpaired) electrons. The minimum absolute atomic E-state index is 1.16. The third-order valence-electron chi connectivity index (χ3n) is 10.1. The Morgan fingerprint density at radius 3 is 1.54 bits per heavy atom. The molecule has 2 heteroatoms. The van der Waals surface area contributed by atoms with Gasteiger partial charge in [0, 0.05) is 32.9 Å². The fraction of sp³-hybridized carbons (Fsp3) is 0. The van der Waals surface area contributed by atoms with Crippen molar-refractivity contribution in [3.8, 4) is 44.8 Å². The van der Waals surface area contributed by atoms with E-state index in [1.165, 1.54) is 77.0 Å². The van der Waals surface area contributed by atoms with Crippen LogP contribution in [-0.2, 0) is 0 Å². The lowest BCUT2D eigenvalue weighted by Gasteiger charge is -2.11. The van der Waals surface area contributed by atoms with E-state index in [2.05, 4.69) is 203 Å². The molecule has 50 heavy (non-hydrogen) atoms. The minimum Gasteiger partial charge on any atom is -0.309 e. The van der Waals surface area contributed by atoms with Crippen molar-refractivity contribution in [3.05, 3.63) is 194 Å². The maximum atomic E-state index is 2.41. The quantitative estimate of drug-likeness (QED) is 0.178. The van der Waals surface area contributed by atoms with Gasteiger partial charge in [-0.05, 0) is 88.0 Å². The van der Waals surface area contributed by atoms with E-state index in [1.54, 1.807) is 0 Å². The number of rotatable bonds is 5. The predicted octanol–water partition coefficient (Wildman–Crippen LogP) is 12.9. The normalized spacial score (nSPS) is 11.6. The number of hydrogen-bond donors (Lipinski definition) is 0. The Balaban J connectivity index is 1.15. The zero-order chi connectivity index (χ0) is 33.0. The summed E-state index contributed by atoms with van der Waals surface area (Å²) >= 11 is 0. The first kappa shape index (κ1) is 28.4. The molecule has 2 aromatic heterocycles. The summed E-state index contributed by atoms with van der Waals surface area (Å²) < 4.78 is 4.82. The highest BCUT2D eigenvalue weighted by Gasteiger charge is 2.18. The molecule has 2 nitrogen and oxygen atoms in total. The Morgan fingerprint density at radius 1 is 0.260 bits per heavy atom. The van der Waals surface area contributed by atoms with E-state index in [9.17, 15) is 0 Å². The molecule has 0 fully saturated rings. The van der Waals surface area contributed by atoms with E-state index in [0.717, 1.165) is 11.4 Å². The maximum absolute atomic E-state index is 2.41. The van der Waals surface area contributed by atoms with Gasteiger partial charge < -0.3 is 9.13 Å². The van der Waals surface area contributed by atoms with Crippen LogP contribution in [0.2, 0.25) is 0 Å². The number of fused-ring (bicyclic) bond motifs is 6. The molecule has 0 saturated carbocycles. The summed E-state index contributed by atoms with van der Waals surface area (Å²) in [6, 6.07) is 70.4. The molecule has 2 heterocycles. The Morgan fingerprint density at radius 2 is 0.780 bits per heavy atom. The van der Waals surface area contributed by atoms with Crippen molar-refractivity contribution in [2.24, 2.45) is 0 Å². The van der Waals surface area contributed by atoms with Crippen molar-refractivity contribution in [3.63, 3.8) is 0 Å². The first-order valence-electron chi connectivity index (χ1n) is 17.2. The van der Waals surface area contributed by atoms with Gasteiger partial charge in [-0.25, -0.2) is 0 Å². The van der Waals surface area contributed by atoms with Crippen molar-refractivity contribution in [1.29, 1.82) is 0 Å². The second-order valence-electron chi connectivity index (χ2n) is 13.0. The second kappa shape index (κ2) is 11.5. The largest absolute Gasteiger partial charge is 0.309 e. The van der Waals surface area contributed by atoms with Crippen LogP contribution >= 0.6 is 0 Å². The molecule has 0 unspecified atom stereocenters. The van der Waals surface area contributed by atoms with Gasteiger partial charge in [-0.1, -0.05) is 140 Å². The lowest BCUT2D eigenvalue weighted by molar-refractivity contribution is 1.18.